The average Bonchev–Trinajstić information content (AvgIpc) is 3.04. The Balaban J connectivity index is 1.79. The van der Waals surface area contributed by atoms with Gasteiger partial charge in [-0.2, -0.15) is 5.10 Å². The molecule has 0 amide bonds. The standard InChI is InChI=1S/C21H29N3/c1-21(2,16-9-5-3-6-10-16)20-18-15-22-14-13-19(18)24(23-20)17-11-7-4-8-12-17/h3,5-6,9-10,17,22H,4,7-8,11-15H2,1-2H3. The van der Waals surface area contributed by atoms with Crippen molar-refractivity contribution in [3.05, 3.63) is 52.8 Å². The SMILES string of the molecule is CC(C)(c1ccccc1)c1nn(C2CCCCC2)c2c1CNCC2. The zero-order chi connectivity index (χ0) is 16.6. The summed E-state index contributed by atoms with van der Waals surface area (Å²) in [7, 11) is 0. The highest BCUT2D eigenvalue weighted by molar-refractivity contribution is 5.41. The molecule has 1 aliphatic carbocycles. The van der Waals surface area contributed by atoms with Crippen molar-refractivity contribution in [1.82, 2.24) is 15.1 Å². The lowest BCUT2D eigenvalue weighted by Gasteiger charge is -2.26. The van der Waals surface area contributed by atoms with Crippen LogP contribution in [0.1, 0.15) is 74.5 Å². The van der Waals surface area contributed by atoms with E-state index in [1.807, 2.05) is 0 Å². The lowest BCUT2D eigenvalue weighted by atomic mass is 9.79. The summed E-state index contributed by atoms with van der Waals surface area (Å²) >= 11 is 0. The first-order valence-electron chi connectivity index (χ1n) is 9.55. The minimum absolute atomic E-state index is 0.0513. The maximum atomic E-state index is 5.24. The monoisotopic (exact) mass is 323 g/mol. The third kappa shape index (κ3) is 2.69. The first-order chi connectivity index (χ1) is 11.7. The Morgan fingerprint density at radius 2 is 1.83 bits per heavy atom. The minimum Gasteiger partial charge on any atom is -0.312 e. The first-order valence-corrected chi connectivity index (χ1v) is 9.55. The molecule has 4 rings (SSSR count). The van der Waals surface area contributed by atoms with Gasteiger partial charge in [0, 0.05) is 36.2 Å². The van der Waals surface area contributed by atoms with Crippen LogP contribution in [-0.4, -0.2) is 16.3 Å². The van der Waals surface area contributed by atoms with Gasteiger partial charge in [0.2, 0.25) is 0 Å². The Labute approximate surface area is 145 Å². The van der Waals surface area contributed by atoms with E-state index in [9.17, 15) is 0 Å². The number of nitrogens with one attached hydrogen (secondary N) is 1. The molecule has 2 aliphatic rings. The van der Waals surface area contributed by atoms with Crippen LogP contribution in [0.25, 0.3) is 0 Å². The topological polar surface area (TPSA) is 29.9 Å². The normalized spacial score (nSPS) is 19.2. The van der Waals surface area contributed by atoms with Crippen LogP contribution < -0.4 is 5.32 Å². The lowest BCUT2D eigenvalue weighted by Crippen LogP contribution is -2.28. The Bertz CT molecular complexity index is 693. The van der Waals surface area contributed by atoms with E-state index in [4.69, 9.17) is 5.10 Å². The van der Waals surface area contributed by atoms with Crippen molar-refractivity contribution in [2.45, 2.75) is 70.4 Å². The van der Waals surface area contributed by atoms with Gasteiger partial charge in [0.25, 0.3) is 0 Å². The van der Waals surface area contributed by atoms with Gasteiger partial charge in [-0.25, -0.2) is 0 Å². The van der Waals surface area contributed by atoms with Crippen LogP contribution in [0.15, 0.2) is 30.3 Å². The number of benzene rings is 1. The van der Waals surface area contributed by atoms with Crippen molar-refractivity contribution < 1.29 is 0 Å². The van der Waals surface area contributed by atoms with Crippen LogP contribution in [0.3, 0.4) is 0 Å². The van der Waals surface area contributed by atoms with Gasteiger partial charge in [-0.3, -0.25) is 4.68 Å². The second kappa shape index (κ2) is 6.36. The Morgan fingerprint density at radius 1 is 1.08 bits per heavy atom. The second-order valence-corrected chi connectivity index (χ2v) is 7.93. The first kappa shape index (κ1) is 15.9. The van der Waals surface area contributed by atoms with E-state index >= 15 is 0 Å². The molecular formula is C21H29N3. The highest BCUT2D eigenvalue weighted by Crippen LogP contribution is 2.38. The number of rotatable bonds is 3. The molecule has 3 nitrogen and oxygen atoms in total. The van der Waals surface area contributed by atoms with Gasteiger partial charge in [0.15, 0.2) is 0 Å². The number of nitrogens with zero attached hydrogens (tertiary/aromatic N) is 2. The van der Waals surface area contributed by atoms with Gasteiger partial charge < -0.3 is 5.32 Å². The molecule has 0 unspecified atom stereocenters. The fourth-order valence-corrected chi connectivity index (χ4v) is 4.50. The lowest BCUT2D eigenvalue weighted by molar-refractivity contribution is 0.317. The van der Waals surface area contributed by atoms with Gasteiger partial charge in [-0.15, -0.1) is 0 Å². The summed E-state index contributed by atoms with van der Waals surface area (Å²) in [5, 5.41) is 8.81. The quantitative estimate of drug-likeness (QED) is 0.909. The minimum atomic E-state index is -0.0513. The smallest absolute Gasteiger partial charge is 0.0772 e. The zero-order valence-corrected chi connectivity index (χ0v) is 15.0. The molecule has 0 bridgehead atoms. The van der Waals surface area contributed by atoms with Gasteiger partial charge in [-0.05, 0) is 18.4 Å². The largest absolute Gasteiger partial charge is 0.312 e. The molecular weight excluding hydrogens is 294 g/mol. The average molecular weight is 323 g/mol. The third-order valence-electron chi connectivity index (χ3n) is 5.97. The highest BCUT2D eigenvalue weighted by Gasteiger charge is 2.34. The molecule has 0 atom stereocenters. The molecule has 0 radical (unpaired) electrons. The van der Waals surface area contributed by atoms with Crippen LogP contribution in [-0.2, 0) is 18.4 Å². The molecule has 2 aromatic rings. The van der Waals surface area contributed by atoms with Crippen molar-refractivity contribution in [2.24, 2.45) is 0 Å². The molecule has 1 aromatic heterocycles. The van der Waals surface area contributed by atoms with E-state index in [2.05, 4.69) is 54.2 Å². The number of hydrogen-bond donors (Lipinski definition) is 1. The van der Waals surface area contributed by atoms with Crippen molar-refractivity contribution in [3.8, 4) is 0 Å². The second-order valence-electron chi connectivity index (χ2n) is 7.93. The molecule has 2 heterocycles. The molecule has 128 valence electrons. The van der Waals surface area contributed by atoms with Crippen LogP contribution >= 0.6 is 0 Å². The van der Waals surface area contributed by atoms with E-state index in [1.165, 1.54) is 54.6 Å². The molecule has 24 heavy (non-hydrogen) atoms. The maximum absolute atomic E-state index is 5.24. The fourth-order valence-electron chi connectivity index (χ4n) is 4.50. The molecule has 1 aliphatic heterocycles. The summed E-state index contributed by atoms with van der Waals surface area (Å²) in [5.41, 5.74) is 5.54. The zero-order valence-electron chi connectivity index (χ0n) is 15.0. The summed E-state index contributed by atoms with van der Waals surface area (Å²) in [4.78, 5) is 0. The maximum Gasteiger partial charge on any atom is 0.0772 e. The van der Waals surface area contributed by atoms with Crippen LogP contribution in [0, 0.1) is 0 Å². The molecule has 1 N–H and O–H groups in total. The molecule has 0 saturated heterocycles. The van der Waals surface area contributed by atoms with Crippen molar-refractivity contribution in [3.63, 3.8) is 0 Å². The Kier molecular flexibility index (Phi) is 4.21. The molecule has 1 saturated carbocycles. The van der Waals surface area contributed by atoms with Gasteiger partial charge in [0.1, 0.15) is 0 Å². The summed E-state index contributed by atoms with van der Waals surface area (Å²) in [6.45, 7) is 6.69. The van der Waals surface area contributed by atoms with Crippen LogP contribution in [0.4, 0.5) is 0 Å². The molecule has 3 heteroatoms. The van der Waals surface area contributed by atoms with E-state index < -0.39 is 0 Å². The van der Waals surface area contributed by atoms with E-state index in [0.717, 1.165) is 19.5 Å². The van der Waals surface area contributed by atoms with Crippen molar-refractivity contribution in [2.75, 3.05) is 6.54 Å². The summed E-state index contributed by atoms with van der Waals surface area (Å²) in [5.74, 6) is 0. The Morgan fingerprint density at radius 3 is 2.58 bits per heavy atom. The van der Waals surface area contributed by atoms with Crippen LogP contribution in [0.2, 0.25) is 0 Å². The van der Waals surface area contributed by atoms with E-state index in [0.29, 0.717) is 6.04 Å². The van der Waals surface area contributed by atoms with Crippen molar-refractivity contribution >= 4 is 0 Å². The Hall–Kier alpha value is -1.61. The predicted octanol–water partition coefficient (Wildman–Crippen LogP) is 4.36. The summed E-state index contributed by atoms with van der Waals surface area (Å²) < 4.78 is 2.43. The predicted molar refractivity (Wildman–Crippen MR) is 98.3 cm³/mol. The van der Waals surface area contributed by atoms with Crippen molar-refractivity contribution in [1.29, 1.82) is 0 Å². The fraction of sp³-hybridized carbons (Fsp3) is 0.571. The van der Waals surface area contributed by atoms with Crippen LogP contribution in [0.5, 0.6) is 0 Å². The van der Waals surface area contributed by atoms with Gasteiger partial charge in [0.05, 0.1) is 11.7 Å². The number of aromatic nitrogens is 2. The molecule has 0 spiro atoms. The third-order valence-corrected chi connectivity index (χ3v) is 5.97. The van der Waals surface area contributed by atoms with Gasteiger partial charge in [-0.1, -0.05) is 63.4 Å². The summed E-state index contributed by atoms with van der Waals surface area (Å²) in [6.07, 6.45) is 7.82. The van der Waals surface area contributed by atoms with E-state index in [-0.39, 0.29) is 5.41 Å². The molecule has 1 fully saturated rings. The van der Waals surface area contributed by atoms with E-state index in [1.54, 1.807) is 0 Å². The summed E-state index contributed by atoms with van der Waals surface area (Å²) in [6, 6.07) is 11.5. The molecule has 1 aromatic carbocycles. The highest BCUT2D eigenvalue weighted by atomic mass is 15.3. The number of fused-ring (bicyclic) bond motifs is 1. The number of hydrogen-bond acceptors (Lipinski definition) is 2. The van der Waals surface area contributed by atoms with Gasteiger partial charge >= 0.3 is 0 Å².